The van der Waals surface area contributed by atoms with E-state index < -0.39 is 6.09 Å². The first-order valence-electron chi connectivity index (χ1n) is 10.2. The zero-order valence-electron chi connectivity index (χ0n) is 16.7. The topological polar surface area (TPSA) is 98.5 Å². The molecule has 0 atom stereocenters. The van der Waals surface area contributed by atoms with Gasteiger partial charge in [0.1, 0.15) is 6.61 Å². The SMILES string of the molecule is C[NH2+]C1(c2nnnn2CCOC(=O)Nc2cccc3ccccc23)CCCCC1. The molecule has 1 saturated carbocycles. The smallest absolute Gasteiger partial charge is 0.411 e. The molecule has 0 radical (unpaired) electrons. The quantitative estimate of drug-likeness (QED) is 0.668. The first kappa shape index (κ1) is 19.3. The molecule has 8 nitrogen and oxygen atoms in total. The first-order chi connectivity index (χ1) is 14.2. The lowest BCUT2D eigenvalue weighted by atomic mass is 9.81. The fourth-order valence-corrected chi connectivity index (χ4v) is 4.24. The van der Waals surface area contributed by atoms with E-state index in [1.165, 1.54) is 19.3 Å². The van der Waals surface area contributed by atoms with E-state index in [9.17, 15) is 4.79 Å². The van der Waals surface area contributed by atoms with Crippen molar-refractivity contribution in [3.8, 4) is 0 Å². The van der Waals surface area contributed by atoms with Crippen LogP contribution in [0.4, 0.5) is 10.5 Å². The zero-order valence-corrected chi connectivity index (χ0v) is 16.7. The molecule has 1 heterocycles. The molecule has 0 unspecified atom stereocenters. The highest BCUT2D eigenvalue weighted by atomic mass is 16.5. The van der Waals surface area contributed by atoms with Gasteiger partial charge in [-0.15, -0.1) is 5.10 Å². The molecule has 4 rings (SSSR count). The van der Waals surface area contributed by atoms with Crippen LogP contribution >= 0.6 is 0 Å². The molecule has 29 heavy (non-hydrogen) atoms. The standard InChI is InChI=1S/C21H26N6O2/c1-22-21(12-5-2-6-13-21)19-24-25-26-27(19)14-15-29-20(28)23-18-11-7-9-16-8-3-4-10-17(16)18/h3-4,7-11,22H,2,5-6,12-15H2,1H3,(H,23,28)/p+1. The number of tetrazole rings is 1. The Labute approximate surface area is 169 Å². The van der Waals surface area contributed by atoms with Gasteiger partial charge in [0.05, 0.1) is 19.3 Å². The number of benzene rings is 2. The van der Waals surface area contributed by atoms with Gasteiger partial charge in [-0.1, -0.05) is 42.8 Å². The molecule has 2 aromatic carbocycles. The van der Waals surface area contributed by atoms with Gasteiger partial charge in [0.15, 0.2) is 5.54 Å². The highest BCUT2D eigenvalue weighted by Crippen LogP contribution is 2.32. The number of nitrogens with one attached hydrogen (secondary N) is 1. The van der Waals surface area contributed by atoms with Crippen LogP contribution in [0.25, 0.3) is 10.8 Å². The van der Waals surface area contributed by atoms with Crippen LogP contribution in [-0.4, -0.2) is 40.0 Å². The molecule has 1 aliphatic carbocycles. The predicted octanol–water partition coefficient (Wildman–Crippen LogP) is 2.43. The fraction of sp³-hybridized carbons (Fsp3) is 0.429. The fourth-order valence-electron chi connectivity index (χ4n) is 4.24. The van der Waals surface area contributed by atoms with Crippen LogP contribution in [-0.2, 0) is 16.8 Å². The van der Waals surface area contributed by atoms with Crippen molar-refractivity contribution >= 4 is 22.6 Å². The van der Waals surface area contributed by atoms with E-state index >= 15 is 0 Å². The van der Waals surface area contributed by atoms with E-state index in [2.05, 4.69) is 33.2 Å². The number of ether oxygens (including phenoxy) is 1. The third kappa shape index (κ3) is 4.07. The van der Waals surface area contributed by atoms with Crippen molar-refractivity contribution in [2.45, 2.75) is 44.2 Å². The molecule has 3 N–H and O–H groups in total. The van der Waals surface area contributed by atoms with E-state index in [4.69, 9.17) is 4.74 Å². The number of fused-ring (bicyclic) bond motifs is 1. The normalized spacial score (nSPS) is 15.9. The molecule has 152 valence electrons. The van der Waals surface area contributed by atoms with Gasteiger partial charge >= 0.3 is 6.09 Å². The lowest BCUT2D eigenvalue weighted by molar-refractivity contribution is -0.718. The average molecular weight is 395 g/mol. The molecule has 3 aromatic rings. The van der Waals surface area contributed by atoms with Crippen molar-refractivity contribution in [1.29, 1.82) is 0 Å². The lowest BCUT2D eigenvalue weighted by Crippen LogP contribution is -2.92. The number of nitrogens with two attached hydrogens (primary N) is 1. The average Bonchev–Trinajstić information content (AvgIpc) is 3.24. The second-order valence-electron chi connectivity index (χ2n) is 7.52. The number of hydrogen-bond acceptors (Lipinski definition) is 5. The van der Waals surface area contributed by atoms with Gasteiger partial charge in [-0.2, -0.15) is 0 Å². The van der Waals surface area contributed by atoms with Crippen molar-refractivity contribution in [1.82, 2.24) is 20.2 Å². The molecule has 0 saturated heterocycles. The summed E-state index contributed by atoms with van der Waals surface area (Å²) in [6.07, 6.45) is 5.26. The number of carbonyl (C=O) groups excluding carboxylic acids is 1. The number of quaternary nitrogens is 1. The van der Waals surface area contributed by atoms with Crippen LogP contribution in [0.5, 0.6) is 0 Å². The van der Waals surface area contributed by atoms with Crippen molar-refractivity contribution in [3.05, 3.63) is 48.3 Å². The molecule has 1 aliphatic rings. The van der Waals surface area contributed by atoms with Gasteiger partial charge in [-0.05, 0) is 34.7 Å². The zero-order chi connectivity index (χ0) is 20.1. The van der Waals surface area contributed by atoms with Crippen molar-refractivity contribution in [3.63, 3.8) is 0 Å². The highest BCUT2D eigenvalue weighted by molar-refractivity contribution is 6.00. The second-order valence-corrected chi connectivity index (χ2v) is 7.52. The molecule has 1 fully saturated rings. The number of amides is 1. The molecule has 1 aromatic heterocycles. The summed E-state index contributed by atoms with van der Waals surface area (Å²) in [5, 5.41) is 19.4. The number of carbonyl (C=O) groups is 1. The van der Waals surface area contributed by atoms with Crippen molar-refractivity contribution in [2.24, 2.45) is 0 Å². The minimum Gasteiger partial charge on any atom is -0.447 e. The minimum absolute atomic E-state index is 0.0764. The molecule has 8 heteroatoms. The van der Waals surface area contributed by atoms with Crippen LogP contribution < -0.4 is 10.6 Å². The maximum Gasteiger partial charge on any atom is 0.411 e. The summed E-state index contributed by atoms with van der Waals surface area (Å²) in [6.45, 7) is 0.634. The van der Waals surface area contributed by atoms with Crippen LogP contribution in [0.2, 0.25) is 0 Å². The molecule has 0 aliphatic heterocycles. The van der Waals surface area contributed by atoms with E-state index in [1.807, 2.05) is 42.5 Å². The first-order valence-corrected chi connectivity index (χ1v) is 10.2. The summed E-state index contributed by atoms with van der Waals surface area (Å²) < 4.78 is 7.17. The second kappa shape index (κ2) is 8.57. The summed E-state index contributed by atoms with van der Waals surface area (Å²) in [4.78, 5) is 12.3. The van der Waals surface area contributed by atoms with Crippen LogP contribution in [0, 0.1) is 0 Å². The van der Waals surface area contributed by atoms with Gasteiger partial charge in [0.2, 0.25) is 5.82 Å². The summed E-state index contributed by atoms with van der Waals surface area (Å²) in [5.74, 6) is 0.873. The Morgan fingerprint density at radius 3 is 2.79 bits per heavy atom. The van der Waals surface area contributed by atoms with E-state index in [-0.39, 0.29) is 12.1 Å². The summed E-state index contributed by atoms with van der Waals surface area (Å²) in [6, 6.07) is 13.7. The molecular formula is C21H27N6O2+. The molecule has 0 bridgehead atoms. The lowest BCUT2D eigenvalue weighted by Gasteiger charge is -2.32. The maximum absolute atomic E-state index is 12.3. The van der Waals surface area contributed by atoms with Gasteiger partial charge in [-0.3, -0.25) is 5.32 Å². The Morgan fingerprint density at radius 2 is 1.97 bits per heavy atom. The largest absolute Gasteiger partial charge is 0.447 e. The van der Waals surface area contributed by atoms with E-state index in [0.29, 0.717) is 6.54 Å². The van der Waals surface area contributed by atoms with Gasteiger partial charge in [0.25, 0.3) is 0 Å². The third-order valence-corrected chi connectivity index (χ3v) is 5.84. The van der Waals surface area contributed by atoms with Crippen molar-refractivity contribution < 1.29 is 14.8 Å². The highest BCUT2D eigenvalue weighted by Gasteiger charge is 2.41. The predicted molar refractivity (Wildman–Crippen MR) is 109 cm³/mol. The van der Waals surface area contributed by atoms with Crippen LogP contribution in [0.1, 0.15) is 37.9 Å². The maximum atomic E-state index is 12.3. The minimum atomic E-state index is -0.481. The van der Waals surface area contributed by atoms with Crippen LogP contribution in [0.15, 0.2) is 42.5 Å². The monoisotopic (exact) mass is 395 g/mol. The van der Waals surface area contributed by atoms with E-state index in [1.54, 1.807) is 4.68 Å². The van der Waals surface area contributed by atoms with Crippen LogP contribution in [0.3, 0.4) is 0 Å². The summed E-state index contributed by atoms with van der Waals surface area (Å²) in [7, 11) is 2.08. The number of aromatic nitrogens is 4. The third-order valence-electron chi connectivity index (χ3n) is 5.84. The number of hydrogen-bond donors (Lipinski definition) is 2. The van der Waals surface area contributed by atoms with E-state index in [0.717, 1.165) is 35.1 Å². The Kier molecular flexibility index (Phi) is 5.71. The number of anilines is 1. The Morgan fingerprint density at radius 1 is 1.17 bits per heavy atom. The molecular weight excluding hydrogens is 368 g/mol. The molecule has 0 spiro atoms. The summed E-state index contributed by atoms with van der Waals surface area (Å²) >= 11 is 0. The Hall–Kier alpha value is -3.00. The van der Waals surface area contributed by atoms with Gasteiger partial charge in [0, 0.05) is 18.2 Å². The molecule has 1 amide bonds. The Balaban J connectivity index is 1.37. The number of nitrogens with zero attached hydrogens (tertiary/aromatic N) is 4. The van der Waals surface area contributed by atoms with Gasteiger partial charge < -0.3 is 10.1 Å². The Bertz CT molecular complexity index is 975. The van der Waals surface area contributed by atoms with Gasteiger partial charge in [-0.25, -0.2) is 9.48 Å². The summed E-state index contributed by atoms with van der Waals surface area (Å²) in [5.41, 5.74) is 0.658. The number of rotatable bonds is 6. The van der Waals surface area contributed by atoms with Crippen molar-refractivity contribution in [2.75, 3.05) is 19.0 Å².